The maximum absolute atomic E-state index is 13.1. The van der Waals surface area contributed by atoms with Crippen molar-refractivity contribution in [2.24, 2.45) is 0 Å². The first-order valence-corrected chi connectivity index (χ1v) is 10.4. The van der Waals surface area contributed by atoms with Crippen LogP contribution in [0, 0.1) is 34.6 Å². The van der Waals surface area contributed by atoms with E-state index in [1.54, 1.807) is 0 Å². The van der Waals surface area contributed by atoms with E-state index < -0.39 is 5.60 Å². The van der Waals surface area contributed by atoms with Gasteiger partial charge in [0.1, 0.15) is 17.3 Å². The minimum atomic E-state index is -0.943. The van der Waals surface area contributed by atoms with Crippen LogP contribution in [0.4, 0.5) is 5.82 Å². The third-order valence-corrected chi connectivity index (χ3v) is 5.76. The number of hydrogen-bond donors (Lipinski definition) is 1. The Kier molecular flexibility index (Phi) is 5.87. The molecule has 0 fully saturated rings. The van der Waals surface area contributed by atoms with Gasteiger partial charge in [-0.1, -0.05) is 6.92 Å². The Morgan fingerprint density at radius 1 is 1.17 bits per heavy atom. The zero-order valence-electron chi connectivity index (χ0n) is 18.7. The molecule has 1 unspecified atom stereocenters. The summed E-state index contributed by atoms with van der Waals surface area (Å²) in [6, 6.07) is 3.86. The minimum Gasteiger partial charge on any atom is -0.493 e. The molecule has 156 valence electrons. The number of hydrogen-bond acceptors (Lipinski definition) is 4. The first-order chi connectivity index (χ1) is 13.7. The van der Waals surface area contributed by atoms with E-state index in [0.29, 0.717) is 18.8 Å². The van der Waals surface area contributed by atoms with Crippen LogP contribution in [0.15, 0.2) is 12.1 Å². The molecule has 2 aromatic rings. The second-order valence-corrected chi connectivity index (χ2v) is 8.32. The van der Waals surface area contributed by atoms with E-state index in [2.05, 4.69) is 31.1 Å². The van der Waals surface area contributed by atoms with Gasteiger partial charge in [-0.05, 0) is 88.8 Å². The van der Waals surface area contributed by atoms with Crippen molar-refractivity contribution in [1.29, 1.82) is 0 Å². The highest BCUT2D eigenvalue weighted by Gasteiger charge is 2.41. The minimum absolute atomic E-state index is 0.165. The van der Waals surface area contributed by atoms with Crippen LogP contribution in [0.2, 0.25) is 0 Å². The lowest BCUT2D eigenvalue weighted by Gasteiger charge is -2.37. The number of nitrogens with zero attached hydrogens (tertiary/aromatic N) is 1. The van der Waals surface area contributed by atoms with Crippen molar-refractivity contribution in [2.75, 3.05) is 11.9 Å². The normalized spacial score (nSPS) is 18.0. The van der Waals surface area contributed by atoms with Gasteiger partial charge in [0.2, 0.25) is 0 Å². The second kappa shape index (κ2) is 8.05. The molecule has 1 aliphatic heterocycles. The molecule has 0 spiro atoms. The lowest BCUT2D eigenvalue weighted by atomic mass is 9.86. The third kappa shape index (κ3) is 4.09. The first kappa shape index (κ1) is 21.2. The van der Waals surface area contributed by atoms with E-state index in [1.807, 2.05) is 39.8 Å². The van der Waals surface area contributed by atoms with Crippen molar-refractivity contribution < 1.29 is 14.3 Å². The molecular formula is C24H32N2O3. The van der Waals surface area contributed by atoms with Gasteiger partial charge < -0.3 is 14.8 Å². The number of carbonyl (C=O) groups excluding carboxylic acids is 1. The number of anilines is 1. The molecule has 1 atom stereocenters. The predicted molar refractivity (Wildman–Crippen MR) is 116 cm³/mol. The number of nitrogens with one attached hydrogen (secondary N) is 1. The molecule has 3 rings (SSSR count). The summed E-state index contributed by atoms with van der Waals surface area (Å²) < 4.78 is 12.4. The Morgan fingerprint density at radius 2 is 1.90 bits per heavy atom. The Balaban J connectivity index is 1.90. The number of rotatable bonds is 5. The van der Waals surface area contributed by atoms with E-state index in [1.165, 1.54) is 0 Å². The Hall–Kier alpha value is -2.56. The largest absolute Gasteiger partial charge is 0.493 e. The molecule has 5 heteroatoms. The van der Waals surface area contributed by atoms with Gasteiger partial charge in [0.05, 0.1) is 6.61 Å². The summed E-state index contributed by atoms with van der Waals surface area (Å²) in [6.07, 6.45) is 2.35. The fourth-order valence-electron chi connectivity index (χ4n) is 3.97. The SMILES string of the molecule is CCCOc1c(C)c(C)c2c(c1C)CCC(C)(C(=O)Nc1cc(C)cc(C)n1)O2. The van der Waals surface area contributed by atoms with Crippen molar-refractivity contribution in [1.82, 2.24) is 4.98 Å². The van der Waals surface area contributed by atoms with Crippen molar-refractivity contribution in [3.63, 3.8) is 0 Å². The molecule has 0 radical (unpaired) electrons. The lowest BCUT2D eigenvalue weighted by Crippen LogP contribution is -2.48. The predicted octanol–water partition coefficient (Wildman–Crippen LogP) is 5.13. The molecule has 0 bridgehead atoms. The molecule has 1 amide bonds. The summed E-state index contributed by atoms with van der Waals surface area (Å²) in [7, 11) is 0. The van der Waals surface area contributed by atoms with Crippen molar-refractivity contribution in [2.45, 2.75) is 73.3 Å². The smallest absolute Gasteiger partial charge is 0.269 e. The fraction of sp³-hybridized carbons (Fsp3) is 0.500. The maximum Gasteiger partial charge on any atom is 0.269 e. The highest BCUT2D eigenvalue weighted by atomic mass is 16.5. The van der Waals surface area contributed by atoms with Crippen LogP contribution in [0.25, 0.3) is 0 Å². The zero-order chi connectivity index (χ0) is 21.3. The highest BCUT2D eigenvalue weighted by Crippen LogP contribution is 2.44. The Labute approximate surface area is 173 Å². The summed E-state index contributed by atoms with van der Waals surface area (Å²) in [5, 5.41) is 2.95. The van der Waals surface area contributed by atoms with Gasteiger partial charge in [-0.3, -0.25) is 4.79 Å². The molecule has 0 aliphatic carbocycles. The van der Waals surface area contributed by atoms with Crippen molar-refractivity contribution in [3.05, 3.63) is 45.6 Å². The molecule has 0 saturated carbocycles. The summed E-state index contributed by atoms with van der Waals surface area (Å²) in [4.78, 5) is 17.5. The topological polar surface area (TPSA) is 60.5 Å². The van der Waals surface area contributed by atoms with Gasteiger partial charge >= 0.3 is 0 Å². The highest BCUT2D eigenvalue weighted by molar-refractivity contribution is 5.97. The van der Waals surface area contributed by atoms with Gasteiger partial charge in [0, 0.05) is 17.7 Å². The molecule has 1 aromatic carbocycles. The van der Waals surface area contributed by atoms with Crippen molar-refractivity contribution >= 4 is 11.7 Å². The quantitative estimate of drug-likeness (QED) is 0.761. The van der Waals surface area contributed by atoms with Gasteiger partial charge in [-0.25, -0.2) is 4.98 Å². The number of fused-ring (bicyclic) bond motifs is 1. The number of aryl methyl sites for hydroxylation is 2. The van der Waals surface area contributed by atoms with Crippen LogP contribution in [0.3, 0.4) is 0 Å². The maximum atomic E-state index is 13.1. The Bertz CT molecular complexity index is 932. The van der Waals surface area contributed by atoms with Gasteiger partial charge in [0.15, 0.2) is 5.60 Å². The average Bonchev–Trinajstić information content (AvgIpc) is 2.65. The summed E-state index contributed by atoms with van der Waals surface area (Å²) >= 11 is 0. The van der Waals surface area contributed by atoms with E-state index >= 15 is 0 Å². The molecular weight excluding hydrogens is 364 g/mol. The number of carbonyl (C=O) groups is 1. The van der Waals surface area contributed by atoms with Crippen molar-refractivity contribution in [3.8, 4) is 11.5 Å². The van der Waals surface area contributed by atoms with Crippen LogP contribution in [0.1, 0.15) is 60.2 Å². The number of amides is 1. The molecule has 29 heavy (non-hydrogen) atoms. The molecule has 1 aliphatic rings. The van der Waals surface area contributed by atoms with Gasteiger partial charge in [0.25, 0.3) is 5.91 Å². The third-order valence-electron chi connectivity index (χ3n) is 5.76. The molecule has 1 aromatic heterocycles. The standard InChI is InChI=1S/C24H32N2O3/c1-8-11-28-21-16(4)17(5)22-19(18(21)6)9-10-24(7,29-22)23(27)26-20-13-14(2)12-15(3)25-20/h12-13H,8-11H2,1-7H3,(H,25,26,27). The van der Waals surface area contributed by atoms with E-state index in [9.17, 15) is 4.79 Å². The zero-order valence-corrected chi connectivity index (χ0v) is 18.7. The van der Waals surface area contributed by atoms with Crippen LogP contribution in [0.5, 0.6) is 11.5 Å². The molecule has 2 heterocycles. The molecule has 5 nitrogen and oxygen atoms in total. The summed E-state index contributed by atoms with van der Waals surface area (Å²) in [5.41, 5.74) is 5.39. The lowest BCUT2D eigenvalue weighted by molar-refractivity contribution is -0.131. The molecule has 1 N–H and O–H groups in total. The number of ether oxygens (including phenoxy) is 2. The Morgan fingerprint density at radius 3 is 2.55 bits per heavy atom. The van der Waals surface area contributed by atoms with E-state index in [0.717, 1.165) is 57.9 Å². The van der Waals surface area contributed by atoms with Crippen LogP contribution < -0.4 is 14.8 Å². The van der Waals surface area contributed by atoms with Gasteiger partial charge in [-0.2, -0.15) is 0 Å². The number of pyridine rings is 1. The van der Waals surface area contributed by atoms with Crippen LogP contribution in [-0.4, -0.2) is 23.1 Å². The van der Waals surface area contributed by atoms with Crippen LogP contribution >= 0.6 is 0 Å². The summed E-state index contributed by atoms with van der Waals surface area (Å²) in [5.74, 6) is 2.18. The first-order valence-electron chi connectivity index (χ1n) is 10.4. The van der Waals surface area contributed by atoms with Gasteiger partial charge in [-0.15, -0.1) is 0 Å². The number of benzene rings is 1. The monoisotopic (exact) mass is 396 g/mol. The summed E-state index contributed by atoms with van der Waals surface area (Å²) in [6.45, 7) is 14.8. The molecule has 0 saturated heterocycles. The van der Waals surface area contributed by atoms with E-state index in [4.69, 9.17) is 9.47 Å². The fourth-order valence-corrected chi connectivity index (χ4v) is 3.97. The van der Waals surface area contributed by atoms with Crippen LogP contribution in [-0.2, 0) is 11.2 Å². The average molecular weight is 397 g/mol. The van der Waals surface area contributed by atoms with E-state index in [-0.39, 0.29) is 5.91 Å². The second-order valence-electron chi connectivity index (χ2n) is 8.32. The number of aromatic nitrogens is 1.